The van der Waals surface area contributed by atoms with Gasteiger partial charge in [-0.3, -0.25) is 4.98 Å². The second kappa shape index (κ2) is 4.28. The maximum Gasteiger partial charge on any atom is 0.0738 e. The largest absolute Gasteiger partial charge is 0.396 e. The van der Waals surface area contributed by atoms with Crippen LogP contribution in [0.5, 0.6) is 0 Å². The Hall–Kier alpha value is -1.29. The van der Waals surface area contributed by atoms with Gasteiger partial charge < -0.3 is 16.0 Å². The SMILES string of the molecule is Nc1cnccc1N1CCCNCC1. The van der Waals surface area contributed by atoms with Crippen LogP contribution in [0.3, 0.4) is 0 Å². The first-order valence-electron chi connectivity index (χ1n) is 5.03. The number of nitrogen functional groups attached to an aromatic ring is 1. The molecule has 0 saturated carbocycles. The number of aromatic nitrogens is 1. The molecule has 1 fully saturated rings. The normalized spacial score (nSPS) is 17.9. The lowest BCUT2D eigenvalue weighted by Gasteiger charge is -2.23. The van der Waals surface area contributed by atoms with Crippen LogP contribution in [-0.2, 0) is 0 Å². The molecule has 2 rings (SSSR count). The van der Waals surface area contributed by atoms with Gasteiger partial charge in [-0.15, -0.1) is 0 Å². The molecule has 1 aromatic rings. The van der Waals surface area contributed by atoms with Gasteiger partial charge in [0, 0.05) is 25.8 Å². The van der Waals surface area contributed by atoms with Gasteiger partial charge in [-0.25, -0.2) is 0 Å². The molecule has 1 aliphatic heterocycles. The molecule has 1 aromatic heterocycles. The number of nitrogens with one attached hydrogen (secondary N) is 1. The lowest BCUT2D eigenvalue weighted by molar-refractivity contribution is 0.724. The number of rotatable bonds is 1. The summed E-state index contributed by atoms with van der Waals surface area (Å²) in [4.78, 5) is 6.31. The van der Waals surface area contributed by atoms with Crippen molar-refractivity contribution in [3.63, 3.8) is 0 Å². The summed E-state index contributed by atoms with van der Waals surface area (Å²) >= 11 is 0. The summed E-state index contributed by atoms with van der Waals surface area (Å²) in [6.45, 7) is 4.22. The van der Waals surface area contributed by atoms with E-state index >= 15 is 0 Å². The number of anilines is 2. The summed E-state index contributed by atoms with van der Waals surface area (Å²) in [6.07, 6.45) is 4.68. The van der Waals surface area contributed by atoms with Crippen LogP contribution in [0.15, 0.2) is 18.5 Å². The maximum absolute atomic E-state index is 5.88. The molecule has 2 heterocycles. The Balaban J connectivity index is 2.16. The van der Waals surface area contributed by atoms with E-state index in [1.54, 1.807) is 12.4 Å². The van der Waals surface area contributed by atoms with Crippen LogP contribution in [0.2, 0.25) is 0 Å². The highest BCUT2D eigenvalue weighted by Crippen LogP contribution is 2.21. The molecule has 3 N–H and O–H groups in total. The topological polar surface area (TPSA) is 54.2 Å². The van der Waals surface area contributed by atoms with Gasteiger partial charge >= 0.3 is 0 Å². The third-order valence-corrected chi connectivity index (χ3v) is 2.51. The number of hydrogen-bond acceptors (Lipinski definition) is 4. The lowest BCUT2D eigenvalue weighted by Crippen LogP contribution is -2.28. The van der Waals surface area contributed by atoms with Crippen molar-refractivity contribution < 1.29 is 0 Å². The van der Waals surface area contributed by atoms with E-state index in [2.05, 4.69) is 15.2 Å². The van der Waals surface area contributed by atoms with Crippen molar-refractivity contribution in [2.24, 2.45) is 0 Å². The van der Waals surface area contributed by atoms with Crippen molar-refractivity contribution in [2.45, 2.75) is 6.42 Å². The summed E-state index contributed by atoms with van der Waals surface area (Å²) in [5.41, 5.74) is 7.76. The minimum atomic E-state index is 0.773. The highest BCUT2D eigenvalue weighted by molar-refractivity contribution is 5.65. The average Bonchev–Trinajstić information content (AvgIpc) is 2.47. The molecular formula is C10H16N4. The lowest BCUT2D eigenvalue weighted by atomic mass is 10.3. The first-order chi connectivity index (χ1) is 6.88. The Morgan fingerprint density at radius 2 is 2.29 bits per heavy atom. The van der Waals surface area contributed by atoms with Crippen molar-refractivity contribution in [1.82, 2.24) is 10.3 Å². The van der Waals surface area contributed by atoms with Gasteiger partial charge in [-0.05, 0) is 19.0 Å². The monoisotopic (exact) mass is 192 g/mol. The van der Waals surface area contributed by atoms with Crippen LogP contribution >= 0.6 is 0 Å². The Morgan fingerprint density at radius 1 is 1.36 bits per heavy atom. The molecule has 0 aromatic carbocycles. The van der Waals surface area contributed by atoms with Crippen molar-refractivity contribution >= 4 is 11.4 Å². The number of nitrogens with zero attached hydrogens (tertiary/aromatic N) is 2. The van der Waals surface area contributed by atoms with Gasteiger partial charge in [0.15, 0.2) is 0 Å². The zero-order chi connectivity index (χ0) is 9.80. The van der Waals surface area contributed by atoms with Crippen molar-refractivity contribution in [1.29, 1.82) is 0 Å². The molecule has 4 nitrogen and oxygen atoms in total. The summed E-state index contributed by atoms with van der Waals surface area (Å²) < 4.78 is 0. The van der Waals surface area contributed by atoms with Gasteiger partial charge in [0.2, 0.25) is 0 Å². The molecule has 0 radical (unpaired) electrons. The fraction of sp³-hybridized carbons (Fsp3) is 0.500. The summed E-state index contributed by atoms with van der Waals surface area (Å²) in [6, 6.07) is 1.99. The highest BCUT2D eigenvalue weighted by Gasteiger charge is 2.11. The van der Waals surface area contributed by atoms with Crippen LogP contribution in [0, 0.1) is 0 Å². The molecule has 0 spiro atoms. The van der Waals surface area contributed by atoms with Crippen molar-refractivity contribution in [2.75, 3.05) is 36.8 Å². The molecule has 76 valence electrons. The standard InChI is InChI=1S/C10H16N4/c11-9-8-13-4-2-10(9)14-6-1-3-12-5-7-14/h2,4,8,12H,1,3,5-7,11H2. The minimum Gasteiger partial charge on any atom is -0.396 e. The fourth-order valence-corrected chi connectivity index (χ4v) is 1.77. The average molecular weight is 192 g/mol. The second-order valence-corrected chi connectivity index (χ2v) is 3.53. The first-order valence-corrected chi connectivity index (χ1v) is 5.03. The second-order valence-electron chi connectivity index (χ2n) is 3.53. The predicted octanol–water partition coefficient (Wildman–Crippen LogP) is 0.464. The molecule has 14 heavy (non-hydrogen) atoms. The Bertz CT molecular complexity index is 292. The molecule has 0 amide bonds. The minimum absolute atomic E-state index is 0.773. The van der Waals surface area contributed by atoms with E-state index in [0.717, 1.165) is 37.6 Å². The molecule has 0 aliphatic carbocycles. The zero-order valence-electron chi connectivity index (χ0n) is 8.24. The molecule has 0 unspecified atom stereocenters. The van der Waals surface area contributed by atoms with Crippen LogP contribution in [-0.4, -0.2) is 31.2 Å². The van der Waals surface area contributed by atoms with Crippen LogP contribution in [0.4, 0.5) is 11.4 Å². The third kappa shape index (κ3) is 1.96. The number of nitrogens with two attached hydrogens (primary N) is 1. The zero-order valence-corrected chi connectivity index (χ0v) is 8.24. The van der Waals surface area contributed by atoms with Gasteiger partial charge in [0.25, 0.3) is 0 Å². The Morgan fingerprint density at radius 3 is 3.14 bits per heavy atom. The van der Waals surface area contributed by atoms with Gasteiger partial charge in [0.05, 0.1) is 17.6 Å². The molecule has 0 bridgehead atoms. The van der Waals surface area contributed by atoms with Crippen molar-refractivity contribution in [3.8, 4) is 0 Å². The van der Waals surface area contributed by atoms with E-state index in [-0.39, 0.29) is 0 Å². The van der Waals surface area contributed by atoms with Crippen molar-refractivity contribution in [3.05, 3.63) is 18.5 Å². The Labute approximate surface area is 84.1 Å². The van der Waals surface area contributed by atoms with E-state index in [9.17, 15) is 0 Å². The summed E-state index contributed by atoms with van der Waals surface area (Å²) in [7, 11) is 0. The molecule has 0 atom stereocenters. The quantitative estimate of drug-likeness (QED) is 0.679. The molecular weight excluding hydrogens is 176 g/mol. The summed E-state index contributed by atoms with van der Waals surface area (Å²) in [5, 5.41) is 3.37. The van der Waals surface area contributed by atoms with Crippen LogP contribution in [0.25, 0.3) is 0 Å². The van der Waals surface area contributed by atoms with Gasteiger partial charge in [0.1, 0.15) is 0 Å². The number of hydrogen-bond donors (Lipinski definition) is 2. The van der Waals surface area contributed by atoms with Crippen LogP contribution < -0.4 is 16.0 Å². The van der Waals surface area contributed by atoms with E-state index in [4.69, 9.17) is 5.73 Å². The van der Waals surface area contributed by atoms with E-state index in [1.165, 1.54) is 6.42 Å². The summed E-state index contributed by atoms with van der Waals surface area (Å²) in [5.74, 6) is 0. The Kier molecular flexibility index (Phi) is 2.84. The number of pyridine rings is 1. The molecule has 1 aliphatic rings. The fourth-order valence-electron chi connectivity index (χ4n) is 1.77. The van der Waals surface area contributed by atoms with E-state index in [1.807, 2.05) is 6.07 Å². The smallest absolute Gasteiger partial charge is 0.0738 e. The molecule has 4 heteroatoms. The predicted molar refractivity (Wildman–Crippen MR) is 58.3 cm³/mol. The van der Waals surface area contributed by atoms with E-state index < -0.39 is 0 Å². The first kappa shape index (κ1) is 9.27. The van der Waals surface area contributed by atoms with E-state index in [0.29, 0.717) is 0 Å². The maximum atomic E-state index is 5.88. The molecule has 1 saturated heterocycles. The highest BCUT2D eigenvalue weighted by atomic mass is 15.2. The third-order valence-electron chi connectivity index (χ3n) is 2.51. The van der Waals surface area contributed by atoms with Crippen LogP contribution in [0.1, 0.15) is 6.42 Å². The van der Waals surface area contributed by atoms with Gasteiger partial charge in [-0.2, -0.15) is 0 Å². The van der Waals surface area contributed by atoms with Gasteiger partial charge in [-0.1, -0.05) is 0 Å².